The van der Waals surface area contributed by atoms with E-state index in [0.717, 1.165) is 0 Å². The average molecular weight is 273 g/mol. The summed E-state index contributed by atoms with van der Waals surface area (Å²) >= 11 is 0. The van der Waals surface area contributed by atoms with E-state index in [0.29, 0.717) is 11.4 Å². The molecule has 0 saturated carbocycles. The lowest BCUT2D eigenvalue weighted by atomic mass is 10.3. The minimum absolute atomic E-state index is 0.148. The fourth-order valence-electron chi connectivity index (χ4n) is 1.30. The highest BCUT2D eigenvalue weighted by Gasteiger charge is 2.11. The zero-order valence-electron chi connectivity index (χ0n) is 10.00. The molecule has 0 aromatic heterocycles. The van der Waals surface area contributed by atoms with Crippen molar-refractivity contribution >= 4 is 19.2 Å². The van der Waals surface area contributed by atoms with Gasteiger partial charge in [-0.15, -0.1) is 0 Å². The van der Waals surface area contributed by atoms with Gasteiger partial charge >= 0.3 is 7.60 Å². The van der Waals surface area contributed by atoms with Crippen molar-refractivity contribution in [1.82, 2.24) is 0 Å². The molecule has 7 heteroatoms. The van der Waals surface area contributed by atoms with E-state index in [2.05, 4.69) is 5.32 Å². The first kappa shape index (κ1) is 14.7. The molecule has 0 unspecified atom stereocenters. The molecule has 100 valence electrons. The number of hydrogen-bond donors (Lipinski definition) is 3. The van der Waals surface area contributed by atoms with Gasteiger partial charge < -0.3 is 19.8 Å². The third-order valence-corrected chi connectivity index (χ3v) is 2.94. The highest BCUT2D eigenvalue weighted by atomic mass is 31.2. The topological polar surface area (TPSA) is 95.9 Å². The van der Waals surface area contributed by atoms with E-state index in [-0.39, 0.29) is 25.1 Å². The number of nitrogens with one attached hydrogen (secondary N) is 1. The average Bonchev–Trinajstić information content (AvgIpc) is 2.24. The van der Waals surface area contributed by atoms with Gasteiger partial charge in [0.25, 0.3) is 0 Å². The van der Waals surface area contributed by atoms with Crippen LogP contribution in [-0.2, 0) is 9.36 Å². The summed E-state index contributed by atoms with van der Waals surface area (Å²) in [7, 11) is -3.94. The quantitative estimate of drug-likeness (QED) is 0.540. The normalized spacial score (nSPS) is 11.1. The van der Waals surface area contributed by atoms with Gasteiger partial charge in [0.2, 0.25) is 5.91 Å². The van der Waals surface area contributed by atoms with Crippen molar-refractivity contribution in [1.29, 1.82) is 0 Å². The van der Waals surface area contributed by atoms with E-state index in [1.54, 1.807) is 24.3 Å². The Morgan fingerprint density at radius 3 is 2.44 bits per heavy atom. The van der Waals surface area contributed by atoms with E-state index in [1.165, 1.54) is 6.92 Å². The molecule has 6 nitrogen and oxygen atoms in total. The van der Waals surface area contributed by atoms with Crippen LogP contribution in [0.15, 0.2) is 24.3 Å². The zero-order chi connectivity index (χ0) is 13.6. The standard InChI is InChI=1S/C11H16NO5P/c1-9(13)12-10-3-5-11(6-4-10)17-7-2-8-18(14,15)16/h3-6H,2,7-8H2,1H3,(H,12,13)(H2,14,15,16). The first-order valence-electron chi connectivity index (χ1n) is 5.42. The van der Waals surface area contributed by atoms with Crippen LogP contribution in [0.3, 0.4) is 0 Å². The van der Waals surface area contributed by atoms with Gasteiger partial charge in [-0.2, -0.15) is 0 Å². The minimum Gasteiger partial charge on any atom is -0.494 e. The SMILES string of the molecule is CC(=O)Nc1ccc(OCCCP(=O)(O)O)cc1. The maximum atomic E-state index is 10.8. The van der Waals surface area contributed by atoms with Gasteiger partial charge in [-0.3, -0.25) is 9.36 Å². The maximum Gasteiger partial charge on any atom is 0.325 e. The molecular weight excluding hydrogens is 257 g/mol. The molecule has 0 radical (unpaired) electrons. The predicted molar refractivity (Wildman–Crippen MR) is 67.8 cm³/mol. The molecule has 0 fully saturated rings. The van der Waals surface area contributed by atoms with E-state index in [9.17, 15) is 9.36 Å². The summed E-state index contributed by atoms with van der Waals surface area (Å²) in [6.45, 7) is 1.66. The minimum atomic E-state index is -3.94. The molecule has 0 aliphatic carbocycles. The summed E-state index contributed by atoms with van der Waals surface area (Å²) < 4.78 is 15.9. The number of anilines is 1. The van der Waals surface area contributed by atoms with Crippen molar-refractivity contribution in [2.45, 2.75) is 13.3 Å². The third kappa shape index (κ3) is 6.39. The summed E-state index contributed by atoms with van der Waals surface area (Å²) in [6.07, 6.45) is 0.106. The van der Waals surface area contributed by atoms with Crippen molar-refractivity contribution in [2.24, 2.45) is 0 Å². The summed E-state index contributed by atoms with van der Waals surface area (Å²) in [5.41, 5.74) is 0.671. The summed E-state index contributed by atoms with van der Waals surface area (Å²) in [6, 6.07) is 6.75. The van der Waals surface area contributed by atoms with Gasteiger partial charge in [0.05, 0.1) is 12.8 Å². The van der Waals surface area contributed by atoms with Crippen molar-refractivity contribution in [3.05, 3.63) is 24.3 Å². The third-order valence-electron chi connectivity index (χ3n) is 2.04. The van der Waals surface area contributed by atoms with Gasteiger partial charge in [-0.1, -0.05) is 0 Å². The Morgan fingerprint density at radius 2 is 1.94 bits per heavy atom. The summed E-state index contributed by atoms with van der Waals surface area (Å²) in [4.78, 5) is 28.1. The van der Waals surface area contributed by atoms with Crippen molar-refractivity contribution in [3.63, 3.8) is 0 Å². The number of amides is 1. The number of hydrogen-bond acceptors (Lipinski definition) is 3. The summed E-state index contributed by atoms with van der Waals surface area (Å²) in [5, 5.41) is 2.62. The molecule has 3 N–H and O–H groups in total. The number of rotatable bonds is 6. The molecule has 0 saturated heterocycles. The number of carbonyl (C=O) groups is 1. The Bertz CT molecular complexity index is 439. The molecule has 0 aliphatic rings. The highest BCUT2D eigenvalue weighted by Crippen LogP contribution is 2.34. The second-order valence-electron chi connectivity index (χ2n) is 3.80. The molecule has 1 aromatic rings. The van der Waals surface area contributed by atoms with Gasteiger partial charge in [0.15, 0.2) is 0 Å². The molecule has 0 spiro atoms. The van der Waals surface area contributed by atoms with Crippen LogP contribution in [0.5, 0.6) is 5.75 Å². The van der Waals surface area contributed by atoms with Crippen LogP contribution in [-0.4, -0.2) is 28.5 Å². The predicted octanol–water partition coefficient (Wildman–Crippen LogP) is 1.59. The molecular formula is C11H16NO5P. The summed E-state index contributed by atoms with van der Waals surface area (Å²) in [5.74, 6) is 0.445. The Hall–Kier alpha value is -1.36. The fourth-order valence-corrected chi connectivity index (χ4v) is 1.84. The molecule has 0 aliphatic heterocycles. The number of carbonyl (C=O) groups excluding carboxylic acids is 1. The van der Waals surface area contributed by atoms with Gasteiger partial charge in [-0.25, -0.2) is 0 Å². The first-order valence-corrected chi connectivity index (χ1v) is 7.21. The number of benzene rings is 1. The lowest BCUT2D eigenvalue weighted by molar-refractivity contribution is -0.114. The van der Waals surface area contributed by atoms with Crippen LogP contribution in [0.25, 0.3) is 0 Å². The van der Waals surface area contributed by atoms with Crippen LogP contribution in [0.4, 0.5) is 5.69 Å². The van der Waals surface area contributed by atoms with Gasteiger partial charge in [0.1, 0.15) is 5.75 Å². The Labute approximate surface area is 105 Å². The molecule has 0 bridgehead atoms. The lowest BCUT2D eigenvalue weighted by Gasteiger charge is -2.08. The second-order valence-corrected chi connectivity index (χ2v) is 5.57. The first-order chi connectivity index (χ1) is 8.37. The van der Waals surface area contributed by atoms with Crippen LogP contribution in [0.2, 0.25) is 0 Å². The zero-order valence-corrected chi connectivity index (χ0v) is 10.9. The second kappa shape index (κ2) is 6.54. The van der Waals surface area contributed by atoms with Crippen LogP contribution in [0.1, 0.15) is 13.3 Å². The molecule has 1 aromatic carbocycles. The van der Waals surface area contributed by atoms with E-state index in [4.69, 9.17) is 14.5 Å². The van der Waals surface area contributed by atoms with E-state index < -0.39 is 7.60 Å². The lowest BCUT2D eigenvalue weighted by Crippen LogP contribution is -2.05. The smallest absolute Gasteiger partial charge is 0.325 e. The molecule has 1 amide bonds. The Balaban J connectivity index is 2.35. The molecule has 1 rings (SSSR count). The fraction of sp³-hybridized carbons (Fsp3) is 0.364. The number of ether oxygens (including phenoxy) is 1. The Morgan fingerprint density at radius 1 is 1.33 bits per heavy atom. The van der Waals surface area contributed by atoms with Crippen LogP contribution < -0.4 is 10.1 Å². The highest BCUT2D eigenvalue weighted by molar-refractivity contribution is 7.51. The maximum absolute atomic E-state index is 10.8. The van der Waals surface area contributed by atoms with E-state index >= 15 is 0 Å². The van der Waals surface area contributed by atoms with Crippen molar-refractivity contribution < 1.29 is 23.9 Å². The largest absolute Gasteiger partial charge is 0.494 e. The molecule has 0 heterocycles. The van der Waals surface area contributed by atoms with Crippen LogP contribution >= 0.6 is 7.60 Å². The van der Waals surface area contributed by atoms with Gasteiger partial charge in [-0.05, 0) is 30.7 Å². The molecule has 0 atom stereocenters. The van der Waals surface area contributed by atoms with Crippen molar-refractivity contribution in [2.75, 3.05) is 18.1 Å². The van der Waals surface area contributed by atoms with E-state index in [1.807, 2.05) is 0 Å². The van der Waals surface area contributed by atoms with Crippen LogP contribution in [0, 0.1) is 0 Å². The van der Waals surface area contributed by atoms with Crippen molar-refractivity contribution in [3.8, 4) is 5.75 Å². The Kier molecular flexibility index (Phi) is 5.34. The van der Waals surface area contributed by atoms with Gasteiger partial charge in [0, 0.05) is 12.6 Å². The molecule has 18 heavy (non-hydrogen) atoms. The monoisotopic (exact) mass is 273 g/mol.